The van der Waals surface area contributed by atoms with Gasteiger partial charge in [0.2, 0.25) is 5.91 Å². The number of carbonyl (C=O) groups is 2. The molecular formula is C7H10N2O3. The molecule has 4 N–H and O–H groups in total. The van der Waals surface area contributed by atoms with E-state index in [4.69, 9.17) is 10.8 Å². The van der Waals surface area contributed by atoms with Crippen molar-refractivity contribution in [3.63, 3.8) is 0 Å². The van der Waals surface area contributed by atoms with Crippen LogP contribution in [0.15, 0.2) is 18.0 Å². The van der Waals surface area contributed by atoms with Crippen molar-refractivity contribution in [2.45, 2.75) is 13.0 Å². The average Bonchev–Trinajstić information content (AvgIpc) is 1.96. The minimum atomic E-state index is -1.15. The molecule has 66 valence electrons. The molecule has 0 aromatic heterocycles. The molecule has 0 aliphatic carbocycles. The van der Waals surface area contributed by atoms with Gasteiger partial charge in [0.25, 0.3) is 0 Å². The summed E-state index contributed by atoms with van der Waals surface area (Å²) in [7, 11) is 0. The number of amides is 1. The van der Waals surface area contributed by atoms with Crippen LogP contribution in [0.3, 0.4) is 0 Å². The topological polar surface area (TPSA) is 92.4 Å². The molecule has 0 unspecified atom stereocenters. The van der Waals surface area contributed by atoms with Gasteiger partial charge in [-0.1, -0.05) is 0 Å². The van der Waals surface area contributed by atoms with E-state index in [1.54, 1.807) is 0 Å². The molecule has 0 spiro atoms. The monoisotopic (exact) mass is 170 g/mol. The first-order valence-corrected chi connectivity index (χ1v) is 3.20. The van der Waals surface area contributed by atoms with E-state index in [2.05, 4.69) is 11.0 Å². The summed E-state index contributed by atoms with van der Waals surface area (Å²) in [5, 5.41) is 10.7. The van der Waals surface area contributed by atoms with Crippen molar-refractivity contribution in [1.29, 1.82) is 0 Å². The Morgan fingerprint density at radius 3 is 2.58 bits per heavy atom. The van der Waals surface area contributed by atoms with Gasteiger partial charge in [0.1, 0.15) is 0 Å². The Kier molecular flexibility index (Phi) is 4.26. The fraction of sp³-hybridized carbons (Fsp3) is 0.286. The number of nitrogens with one attached hydrogen (secondary N) is 1. The Morgan fingerprint density at radius 2 is 2.25 bits per heavy atom. The molecule has 0 heterocycles. The van der Waals surface area contributed by atoms with Crippen molar-refractivity contribution < 1.29 is 14.7 Å². The Bertz CT molecular complexity index is 241. The number of rotatable bonds is 3. The molecule has 0 aliphatic rings. The molecule has 5 heteroatoms. The summed E-state index contributed by atoms with van der Waals surface area (Å²) >= 11 is 0. The first-order valence-electron chi connectivity index (χ1n) is 3.20. The van der Waals surface area contributed by atoms with Crippen LogP contribution in [0.4, 0.5) is 0 Å². The van der Waals surface area contributed by atoms with Crippen molar-refractivity contribution in [1.82, 2.24) is 5.32 Å². The molecule has 5 nitrogen and oxygen atoms in total. The molecule has 12 heavy (non-hydrogen) atoms. The van der Waals surface area contributed by atoms with Crippen LogP contribution in [0.5, 0.6) is 0 Å². The van der Waals surface area contributed by atoms with E-state index >= 15 is 0 Å². The van der Waals surface area contributed by atoms with Gasteiger partial charge < -0.3 is 16.2 Å². The lowest BCUT2D eigenvalue weighted by Crippen LogP contribution is -2.37. The fourth-order valence-electron chi connectivity index (χ4n) is 0.545. The second-order valence-electron chi connectivity index (χ2n) is 2.02. The Balaban J connectivity index is 4.34. The zero-order chi connectivity index (χ0) is 9.56. The SMILES string of the molecule is CC(=O)N[C@@H](C=C=CN)C(=O)O. The summed E-state index contributed by atoms with van der Waals surface area (Å²) < 4.78 is 0. The second-order valence-corrected chi connectivity index (χ2v) is 2.02. The van der Waals surface area contributed by atoms with Crippen molar-refractivity contribution in [3.05, 3.63) is 18.0 Å². The second kappa shape index (κ2) is 4.98. The van der Waals surface area contributed by atoms with Gasteiger partial charge in [0.15, 0.2) is 6.04 Å². The highest BCUT2D eigenvalue weighted by atomic mass is 16.4. The molecule has 0 saturated heterocycles. The molecule has 0 bridgehead atoms. The highest BCUT2D eigenvalue weighted by Gasteiger charge is 2.13. The van der Waals surface area contributed by atoms with Crippen molar-refractivity contribution in [2.24, 2.45) is 5.73 Å². The molecule has 1 atom stereocenters. The third-order valence-corrected chi connectivity index (χ3v) is 0.984. The third-order valence-electron chi connectivity index (χ3n) is 0.984. The minimum absolute atomic E-state index is 0.419. The highest BCUT2D eigenvalue weighted by molar-refractivity contribution is 5.83. The van der Waals surface area contributed by atoms with E-state index in [1.807, 2.05) is 0 Å². The highest BCUT2D eigenvalue weighted by Crippen LogP contribution is 1.85. The van der Waals surface area contributed by atoms with Crippen LogP contribution in [-0.2, 0) is 9.59 Å². The molecular weight excluding hydrogens is 160 g/mol. The van der Waals surface area contributed by atoms with Gasteiger partial charge in [0, 0.05) is 13.1 Å². The number of nitrogens with two attached hydrogens (primary N) is 1. The van der Waals surface area contributed by atoms with E-state index in [-0.39, 0.29) is 0 Å². The molecule has 0 rings (SSSR count). The summed E-state index contributed by atoms with van der Waals surface area (Å²) in [4.78, 5) is 20.9. The summed E-state index contributed by atoms with van der Waals surface area (Å²) in [6.45, 7) is 1.23. The van der Waals surface area contributed by atoms with Crippen LogP contribution in [0.2, 0.25) is 0 Å². The summed E-state index contributed by atoms with van der Waals surface area (Å²) in [5.41, 5.74) is 7.30. The molecule has 0 radical (unpaired) electrons. The van der Waals surface area contributed by atoms with Gasteiger partial charge in [0.05, 0.1) is 0 Å². The molecule has 0 saturated carbocycles. The number of carboxylic acids is 1. The molecule has 0 aliphatic heterocycles. The van der Waals surface area contributed by atoms with Crippen molar-refractivity contribution in [2.75, 3.05) is 0 Å². The zero-order valence-electron chi connectivity index (χ0n) is 6.57. The number of hydrogen-bond acceptors (Lipinski definition) is 3. The van der Waals surface area contributed by atoms with Crippen LogP contribution in [0.25, 0.3) is 0 Å². The van der Waals surface area contributed by atoms with Crippen LogP contribution in [0.1, 0.15) is 6.92 Å². The molecule has 0 fully saturated rings. The van der Waals surface area contributed by atoms with Crippen LogP contribution in [-0.4, -0.2) is 23.0 Å². The molecule has 0 aromatic rings. The van der Waals surface area contributed by atoms with Crippen LogP contribution >= 0.6 is 0 Å². The summed E-state index contributed by atoms with van der Waals surface area (Å²) in [5.74, 6) is -1.57. The zero-order valence-corrected chi connectivity index (χ0v) is 6.57. The lowest BCUT2D eigenvalue weighted by Gasteiger charge is -2.05. The first kappa shape index (κ1) is 10.3. The smallest absolute Gasteiger partial charge is 0.330 e. The normalized spacial score (nSPS) is 10.8. The van der Waals surface area contributed by atoms with Gasteiger partial charge >= 0.3 is 5.97 Å². The largest absolute Gasteiger partial charge is 0.479 e. The Morgan fingerprint density at radius 1 is 1.67 bits per heavy atom. The van der Waals surface area contributed by atoms with Crippen LogP contribution in [0, 0.1) is 0 Å². The lowest BCUT2D eigenvalue weighted by molar-refractivity contribution is -0.140. The average molecular weight is 170 g/mol. The predicted octanol–water partition coefficient (Wildman–Crippen LogP) is -0.797. The van der Waals surface area contributed by atoms with Gasteiger partial charge in [-0.15, -0.1) is 5.73 Å². The standard InChI is InChI=1S/C7H10N2O3/c1-5(10)9-6(7(11)12)3-2-4-8/h3-4,6H,8H2,1H3,(H,9,10)(H,11,12)/t2?,6-/m0/s1. The van der Waals surface area contributed by atoms with Gasteiger partial charge in [-0.3, -0.25) is 4.79 Å². The maximum atomic E-state index is 10.5. The number of carboxylic acid groups (broad SMARTS) is 1. The fourth-order valence-corrected chi connectivity index (χ4v) is 0.545. The van der Waals surface area contributed by atoms with Gasteiger partial charge in [-0.2, -0.15) is 0 Å². The quantitative estimate of drug-likeness (QED) is 0.483. The van der Waals surface area contributed by atoms with Crippen molar-refractivity contribution in [3.8, 4) is 0 Å². The number of carbonyl (C=O) groups excluding carboxylic acids is 1. The van der Waals surface area contributed by atoms with E-state index in [9.17, 15) is 9.59 Å². The third kappa shape index (κ3) is 4.14. The maximum absolute atomic E-state index is 10.5. The Labute approximate surface area is 69.6 Å². The summed E-state index contributed by atoms with van der Waals surface area (Å²) in [6, 6.07) is -1.07. The maximum Gasteiger partial charge on any atom is 0.330 e. The minimum Gasteiger partial charge on any atom is -0.479 e. The summed E-state index contributed by atoms with van der Waals surface area (Å²) in [6.07, 6.45) is 2.22. The lowest BCUT2D eigenvalue weighted by atomic mass is 10.3. The van der Waals surface area contributed by atoms with E-state index in [0.717, 1.165) is 12.3 Å². The number of aliphatic carboxylic acids is 1. The Hall–Kier alpha value is -1.74. The molecule has 1 amide bonds. The van der Waals surface area contributed by atoms with Crippen molar-refractivity contribution >= 4 is 11.9 Å². The number of hydrogen-bond donors (Lipinski definition) is 3. The van der Waals surface area contributed by atoms with Gasteiger partial charge in [-0.05, 0) is 6.08 Å². The van der Waals surface area contributed by atoms with Gasteiger partial charge in [-0.25, -0.2) is 4.79 Å². The van der Waals surface area contributed by atoms with E-state index in [1.165, 1.54) is 6.92 Å². The van der Waals surface area contributed by atoms with E-state index < -0.39 is 17.9 Å². The predicted molar refractivity (Wildman–Crippen MR) is 42.1 cm³/mol. The van der Waals surface area contributed by atoms with Crippen LogP contribution < -0.4 is 11.1 Å². The molecule has 0 aromatic carbocycles. The first-order chi connectivity index (χ1) is 5.57. The van der Waals surface area contributed by atoms with E-state index in [0.29, 0.717) is 0 Å².